The molecule has 0 aliphatic carbocycles. The van der Waals surface area contributed by atoms with Gasteiger partial charge in [-0.2, -0.15) is 0 Å². The lowest BCUT2D eigenvalue weighted by molar-refractivity contribution is -0.140. The van der Waals surface area contributed by atoms with E-state index in [4.69, 9.17) is 14.6 Å². The van der Waals surface area contributed by atoms with Crippen molar-refractivity contribution in [2.45, 2.75) is 19.5 Å². The molecular formula is C14H15NO6. The van der Waals surface area contributed by atoms with Gasteiger partial charge in [0.1, 0.15) is 17.4 Å². The largest absolute Gasteiger partial charge is 0.507 e. The van der Waals surface area contributed by atoms with Crippen LogP contribution in [0.2, 0.25) is 0 Å². The maximum atomic E-state index is 11.5. The fraction of sp³-hybridized carbons (Fsp3) is 0.286. The number of benzene rings is 1. The molecular weight excluding hydrogens is 278 g/mol. The summed E-state index contributed by atoms with van der Waals surface area (Å²) in [5.41, 5.74) is 0.616. The number of phenolic OH excluding ortho intramolecular Hbond substituents is 1. The van der Waals surface area contributed by atoms with Gasteiger partial charge in [0.2, 0.25) is 0 Å². The molecule has 0 saturated carbocycles. The van der Waals surface area contributed by atoms with Crippen LogP contribution in [0.5, 0.6) is 5.75 Å². The third kappa shape index (κ3) is 3.04. The highest BCUT2D eigenvalue weighted by Gasteiger charge is 2.18. The molecule has 2 aromatic rings. The minimum absolute atomic E-state index is 0.0624. The lowest BCUT2D eigenvalue weighted by Gasteiger charge is -2.13. The van der Waals surface area contributed by atoms with Crippen molar-refractivity contribution in [2.24, 2.45) is 0 Å². The first-order valence-corrected chi connectivity index (χ1v) is 6.26. The molecule has 21 heavy (non-hydrogen) atoms. The average molecular weight is 293 g/mol. The van der Waals surface area contributed by atoms with E-state index in [9.17, 15) is 14.7 Å². The molecule has 1 atom stereocenters. The standard InChI is InChI=1S/C14H15NO6/c1-7-4-12(18)21-13-8(7)2-3-11(17)9(13)5-15-10(6-16)14(19)20/h2-4,10,15-17H,5-6H2,1H3,(H,19,20)/t10-/m0/s1. The second-order valence-corrected chi connectivity index (χ2v) is 4.64. The highest BCUT2D eigenvalue weighted by Crippen LogP contribution is 2.28. The van der Waals surface area contributed by atoms with Crippen molar-refractivity contribution in [1.82, 2.24) is 5.32 Å². The van der Waals surface area contributed by atoms with E-state index < -0.39 is 24.2 Å². The van der Waals surface area contributed by atoms with Gasteiger partial charge in [-0.05, 0) is 24.6 Å². The number of carboxylic acids is 1. The van der Waals surface area contributed by atoms with E-state index >= 15 is 0 Å². The number of hydrogen-bond donors (Lipinski definition) is 4. The Balaban J connectivity index is 2.45. The van der Waals surface area contributed by atoms with Crippen molar-refractivity contribution >= 4 is 16.9 Å². The normalized spacial score (nSPS) is 12.5. The van der Waals surface area contributed by atoms with E-state index in [0.29, 0.717) is 10.9 Å². The molecule has 1 aromatic heterocycles. The Morgan fingerprint density at radius 3 is 2.76 bits per heavy atom. The number of hydrogen-bond acceptors (Lipinski definition) is 6. The van der Waals surface area contributed by atoms with Crippen LogP contribution in [0.1, 0.15) is 11.1 Å². The summed E-state index contributed by atoms with van der Waals surface area (Å²) >= 11 is 0. The minimum Gasteiger partial charge on any atom is -0.507 e. The van der Waals surface area contributed by atoms with Gasteiger partial charge >= 0.3 is 11.6 Å². The molecule has 4 N–H and O–H groups in total. The van der Waals surface area contributed by atoms with Crippen LogP contribution >= 0.6 is 0 Å². The zero-order valence-corrected chi connectivity index (χ0v) is 11.3. The third-order valence-electron chi connectivity index (χ3n) is 3.20. The van der Waals surface area contributed by atoms with Crippen molar-refractivity contribution in [3.05, 3.63) is 39.7 Å². The summed E-state index contributed by atoms with van der Waals surface area (Å²) in [7, 11) is 0. The zero-order valence-electron chi connectivity index (χ0n) is 11.3. The molecule has 0 unspecified atom stereocenters. The highest BCUT2D eigenvalue weighted by molar-refractivity contribution is 5.85. The second-order valence-electron chi connectivity index (χ2n) is 4.64. The van der Waals surface area contributed by atoms with E-state index in [1.54, 1.807) is 13.0 Å². The van der Waals surface area contributed by atoms with Crippen LogP contribution in [0.25, 0.3) is 11.0 Å². The lowest BCUT2D eigenvalue weighted by Crippen LogP contribution is -2.39. The first kappa shape index (κ1) is 15.0. The second kappa shape index (κ2) is 5.94. The predicted octanol–water partition coefficient (Wildman–Crippen LogP) is 0.342. The van der Waals surface area contributed by atoms with E-state index in [-0.39, 0.29) is 23.4 Å². The zero-order chi connectivity index (χ0) is 15.6. The van der Waals surface area contributed by atoms with Gasteiger partial charge in [0.15, 0.2) is 0 Å². The van der Waals surface area contributed by atoms with Crippen LogP contribution in [0.15, 0.2) is 27.4 Å². The molecule has 0 bridgehead atoms. The van der Waals surface area contributed by atoms with E-state index in [2.05, 4.69) is 5.32 Å². The topological polar surface area (TPSA) is 120 Å². The summed E-state index contributed by atoms with van der Waals surface area (Å²) in [5, 5.41) is 31.0. The quantitative estimate of drug-likeness (QED) is 0.587. The predicted molar refractivity (Wildman–Crippen MR) is 74.2 cm³/mol. The molecule has 0 amide bonds. The molecule has 0 radical (unpaired) electrons. The van der Waals surface area contributed by atoms with E-state index in [0.717, 1.165) is 0 Å². The number of aromatic hydroxyl groups is 1. The van der Waals surface area contributed by atoms with E-state index in [1.165, 1.54) is 12.1 Å². The Hall–Kier alpha value is -2.38. The minimum atomic E-state index is -1.21. The monoisotopic (exact) mass is 293 g/mol. The van der Waals surface area contributed by atoms with Crippen LogP contribution in [0.3, 0.4) is 0 Å². The number of carbonyl (C=O) groups is 1. The maximum Gasteiger partial charge on any atom is 0.336 e. The smallest absolute Gasteiger partial charge is 0.336 e. The first-order valence-electron chi connectivity index (χ1n) is 6.26. The Labute approximate surface area is 119 Å². The summed E-state index contributed by atoms with van der Waals surface area (Å²) < 4.78 is 5.12. The van der Waals surface area contributed by atoms with Crippen molar-refractivity contribution in [3.63, 3.8) is 0 Å². The summed E-state index contributed by atoms with van der Waals surface area (Å²) in [6.07, 6.45) is 0. The molecule has 1 aromatic carbocycles. The number of aliphatic hydroxyl groups is 1. The number of aliphatic carboxylic acids is 1. The lowest BCUT2D eigenvalue weighted by atomic mass is 10.1. The SMILES string of the molecule is Cc1cc(=O)oc2c(CN[C@@H](CO)C(=O)O)c(O)ccc12. The van der Waals surface area contributed by atoms with Crippen molar-refractivity contribution < 1.29 is 24.5 Å². The molecule has 0 saturated heterocycles. The van der Waals surface area contributed by atoms with Crippen molar-refractivity contribution in [1.29, 1.82) is 0 Å². The van der Waals surface area contributed by atoms with Crippen LogP contribution in [0, 0.1) is 6.92 Å². The van der Waals surface area contributed by atoms with Crippen molar-refractivity contribution in [2.75, 3.05) is 6.61 Å². The Morgan fingerprint density at radius 2 is 2.14 bits per heavy atom. The van der Waals surface area contributed by atoms with Gasteiger partial charge in [-0.3, -0.25) is 10.1 Å². The van der Waals surface area contributed by atoms with Gasteiger partial charge in [0, 0.05) is 18.0 Å². The first-order chi connectivity index (χ1) is 9.93. The maximum absolute atomic E-state index is 11.5. The van der Waals surface area contributed by atoms with Gasteiger partial charge in [-0.25, -0.2) is 4.79 Å². The number of carboxylic acid groups (broad SMARTS) is 1. The van der Waals surface area contributed by atoms with Gasteiger partial charge in [-0.1, -0.05) is 0 Å². The fourth-order valence-corrected chi connectivity index (χ4v) is 2.06. The van der Waals surface area contributed by atoms with Crippen LogP contribution in [-0.4, -0.2) is 33.9 Å². The number of aliphatic hydroxyl groups excluding tert-OH is 1. The van der Waals surface area contributed by atoms with Crippen molar-refractivity contribution in [3.8, 4) is 5.75 Å². The molecule has 7 heteroatoms. The Bertz CT molecular complexity index is 736. The van der Waals surface area contributed by atoms with Gasteiger partial charge in [0.05, 0.1) is 12.2 Å². The van der Waals surface area contributed by atoms with Gasteiger partial charge < -0.3 is 19.7 Å². The molecule has 112 valence electrons. The number of fused-ring (bicyclic) bond motifs is 1. The summed E-state index contributed by atoms with van der Waals surface area (Å²) in [6, 6.07) is 3.23. The molecule has 0 aliphatic rings. The van der Waals surface area contributed by atoms with Gasteiger partial charge in [-0.15, -0.1) is 0 Å². The Kier molecular flexibility index (Phi) is 4.25. The third-order valence-corrected chi connectivity index (χ3v) is 3.20. The average Bonchev–Trinajstić information content (AvgIpc) is 2.40. The molecule has 0 fully saturated rings. The Morgan fingerprint density at radius 1 is 1.43 bits per heavy atom. The number of rotatable bonds is 5. The van der Waals surface area contributed by atoms with E-state index in [1.807, 2.05) is 0 Å². The number of nitrogens with one attached hydrogen (secondary N) is 1. The summed E-state index contributed by atoms with van der Waals surface area (Å²) in [6.45, 7) is 1.08. The summed E-state index contributed by atoms with van der Waals surface area (Å²) in [4.78, 5) is 22.3. The van der Waals surface area contributed by atoms with Crippen LogP contribution in [0.4, 0.5) is 0 Å². The molecule has 0 spiro atoms. The highest BCUT2D eigenvalue weighted by atomic mass is 16.4. The fourth-order valence-electron chi connectivity index (χ4n) is 2.06. The molecule has 2 rings (SSSR count). The number of aryl methyl sites for hydroxylation is 1. The molecule has 7 nitrogen and oxygen atoms in total. The molecule has 0 aliphatic heterocycles. The van der Waals surface area contributed by atoms with Crippen LogP contribution in [-0.2, 0) is 11.3 Å². The van der Waals surface area contributed by atoms with Crippen LogP contribution < -0.4 is 10.9 Å². The molecule has 1 heterocycles. The summed E-state index contributed by atoms with van der Waals surface area (Å²) in [5.74, 6) is -1.33. The van der Waals surface area contributed by atoms with Gasteiger partial charge in [0.25, 0.3) is 0 Å². The number of phenols is 1.